The number of piperazine rings is 1. The molecule has 4 rings (SSSR count). The van der Waals surface area contributed by atoms with Crippen LogP contribution < -0.4 is 4.90 Å². The van der Waals surface area contributed by atoms with Crippen LogP contribution in [-0.4, -0.2) is 59.4 Å². The molecule has 1 aliphatic heterocycles. The number of aryl methyl sites for hydroxylation is 2. The largest absolute Gasteiger partial charge is 0.443 e. The highest BCUT2D eigenvalue weighted by Gasteiger charge is 2.24. The molecule has 0 unspecified atom stereocenters. The molecular formula is C25H30ClIN4O2. The van der Waals surface area contributed by atoms with Gasteiger partial charge in [-0.3, -0.25) is 0 Å². The quantitative estimate of drug-likeness (QED) is 0.342. The Morgan fingerprint density at radius 3 is 2.30 bits per heavy atom. The van der Waals surface area contributed by atoms with Crippen LogP contribution in [0, 0.1) is 17.4 Å². The molecule has 8 heteroatoms. The lowest BCUT2D eigenvalue weighted by atomic mass is 9.98. The Balaban J connectivity index is 1.74. The standard InChI is InChI=1S/C25H30ClIN4O2/c1-15-11-17(12-16(2)22(15)30-9-7-29(6)8-10-30)18-13-28-23-20(21(18)26)19(27)14-31(23)24(32)33-25(3,4)5/h11-14H,7-10H2,1-6H3. The normalized spacial score (nSPS) is 15.3. The predicted octanol–water partition coefficient (Wildman–Crippen LogP) is 6.11. The minimum absolute atomic E-state index is 0.463. The maximum absolute atomic E-state index is 12.7. The Morgan fingerprint density at radius 2 is 1.73 bits per heavy atom. The van der Waals surface area contributed by atoms with E-state index in [1.807, 2.05) is 20.8 Å². The number of ether oxygens (including phenoxy) is 1. The molecule has 0 aliphatic carbocycles. The highest BCUT2D eigenvalue weighted by Crippen LogP contribution is 2.39. The number of nitrogens with zero attached hydrogens (tertiary/aromatic N) is 4. The van der Waals surface area contributed by atoms with Gasteiger partial charge in [0.15, 0.2) is 5.65 Å². The number of aromatic nitrogens is 2. The second kappa shape index (κ2) is 9.07. The fourth-order valence-electron chi connectivity index (χ4n) is 4.40. The van der Waals surface area contributed by atoms with Crippen molar-refractivity contribution in [2.24, 2.45) is 0 Å². The fraction of sp³-hybridized carbons (Fsp3) is 0.440. The molecule has 2 aromatic heterocycles. The summed E-state index contributed by atoms with van der Waals surface area (Å²) >= 11 is 9.11. The zero-order valence-corrected chi connectivity index (χ0v) is 22.9. The third-order valence-electron chi connectivity index (χ3n) is 5.92. The number of pyridine rings is 1. The van der Waals surface area contributed by atoms with Crippen LogP contribution in [0.4, 0.5) is 10.5 Å². The minimum Gasteiger partial charge on any atom is -0.443 e. The minimum atomic E-state index is -0.594. The van der Waals surface area contributed by atoms with Crippen LogP contribution in [0.2, 0.25) is 5.02 Å². The van der Waals surface area contributed by atoms with Crippen molar-refractivity contribution in [2.75, 3.05) is 38.1 Å². The van der Waals surface area contributed by atoms with E-state index in [-0.39, 0.29) is 0 Å². The van der Waals surface area contributed by atoms with Gasteiger partial charge in [-0.25, -0.2) is 14.3 Å². The predicted molar refractivity (Wildman–Crippen MR) is 144 cm³/mol. The SMILES string of the molecule is Cc1cc(-c2cnc3c(c(I)cn3C(=O)OC(C)(C)C)c2Cl)cc(C)c1N1CCN(C)CC1. The van der Waals surface area contributed by atoms with Gasteiger partial charge in [0.25, 0.3) is 0 Å². The number of hydrogen-bond donors (Lipinski definition) is 0. The van der Waals surface area contributed by atoms with Gasteiger partial charge in [-0.2, -0.15) is 0 Å². The molecule has 1 aliphatic rings. The van der Waals surface area contributed by atoms with E-state index in [2.05, 4.69) is 70.4 Å². The third-order valence-corrected chi connectivity index (χ3v) is 7.13. The van der Waals surface area contributed by atoms with Crippen LogP contribution in [0.25, 0.3) is 22.2 Å². The van der Waals surface area contributed by atoms with Gasteiger partial charge in [-0.1, -0.05) is 11.6 Å². The highest BCUT2D eigenvalue weighted by atomic mass is 127. The maximum Gasteiger partial charge on any atom is 0.420 e. The number of fused-ring (bicyclic) bond motifs is 1. The van der Waals surface area contributed by atoms with Crippen LogP contribution in [0.1, 0.15) is 31.9 Å². The number of carbonyl (C=O) groups excluding carboxylic acids is 1. The average molecular weight is 581 g/mol. The lowest BCUT2D eigenvalue weighted by Gasteiger charge is -2.36. The summed E-state index contributed by atoms with van der Waals surface area (Å²) in [6.45, 7) is 14.0. The van der Waals surface area contributed by atoms with Crippen molar-refractivity contribution in [3.05, 3.63) is 44.2 Å². The second-order valence-electron chi connectivity index (χ2n) is 9.76. The summed E-state index contributed by atoms with van der Waals surface area (Å²) in [5, 5.41) is 1.36. The first-order chi connectivity index (χ1) is 15.5. The monoisotopic (exact) mass is 580 g/mol. The molecule has 176 valence electrons. The number of likely N-dealkylation sites (N-methyl/N-ethyl adjacent to an activating group) is 1. The van der Waals surface area contributed by atoms with Gasteiger partial charge < -0.3 is 14.5 Å². The first kappa shape index (κ1) is 24.3. The Morgan fingerprint density at radius 1 is 1.12 bits per heavy atom. The molecule has 0 bridgehead atoms. The molecule has 3 heterocycles. The summed E-state index contributed by atoms with van der Waals surface area (Å²) in [6.07, 6.45) is 3.02. The molecule has 0 amide bonds. The number of halogens is 2. The smallest absolute Gasteiger partial charge is 0.420 e. The molecule has 33 heavy (non-hydrogen) atoms. The van der Waals surface area contributed by atoms with Crippen LogP contribution in [0.15, 0.2) is 24.5 Å². The van der Waals surface area contributed by atoms with Crippen LogP contribution in [0.3, 0.4) is 0 Å². The van der Waals surface area contributed by atoms with Gasteiger partial charge in [0, 0.05) is 53.4 Å². The van der Waals surface area contributed by atoms with Crippen molar-refractivity contribution in [3.63, 3.8) is 0 Å². The molecule has 1 saturated heterocycles. The Labute approximate surface area is 214 Å². The average Bonchev–Trinajstić information content (AvgIpc) is 3.05. The third kappa shape index (κ3) is 4.86. The molecular weight excluding hydrogens is 551 g/mol. The highest BCUT2D eigenvalue weighted by molar-refractivity contribution is 14.1. The molecule has 6 nitrogen and oxygen atoms in total. The van der Waals surface area contributed by atoms with Gasteiger partial charge >= 0.3 is 6.09 Å². The van der Waals surface area contributed by atoms with Gasteiger partial charge in [-0.15, -0.1) is 0 Å². The first-order valence-electron chi connectivity index (χ1n) is 11.1. The molecule has 0 atom stereocenters. The molecule has 1 fully saturated rings. The lowest BCUT2D eigenvalue weighted by molar-refractivity contribution is 0.0543. The van der Waals surface area contributed by atoms with Crippen molar-refractivity contribution in [2.45, 2.75) is 40.2 Å². The van der Waals surface area contributed by atoms with E-state index in [1.165, 1.54) is 21.4 Å². The number of hydrogen-bond acceptors (Lipinski definition) is 5. The number of carbonyl (C=O) groups is 1. The van der Waals surface area contributed by atoms with E-state index in [0.717, 1.165) is 46.3 Å². The van der Waals surface area contributed by atoms with E-state index in [0.29, 0.717) is 10.7 Å². The Bertz CT molecular complexity index is 1200. The summed E-state index contributed by atoms with van der Waals surface area (Å²) < 4.78 is 7.83. The zero-order valence-electron chi connectivity index (χ0n) is 20.0. The van der Waals surface area contributed by atoms with E-state index in [1.54, 1.807) is 12.4 Å². The first-order valence-corrected chi connectivity index (χ1v) is 12.6. The number of benzene rings is 1. The van der Waals surface area contributed by atoms with Gasteiger partial charge in [0.1, 0.15) is 5.60 Å². The zero-order chi connectivity index (χ0) is 24.1. The van der Waals surface area contributed by atoms with E-state index in [4.69, 9.17) is 16.3 Å². The second-order valence-corrected chi connectivity index (χ2v) is 11.3. The van der Waals surface area contributed by atoms with Crippen molar-refractivity contribution in [1.82, 2.24) is 14.5 Å². The van der Waals surface area contributed by atoms with Gasteiger partial charge in [0.2, 0.25) is 0 Å². The van der Waals surface area contributed by atoms with Gasteiger partial charge in [0.05, 0.1) is 10.4 Å². The van der Waals surface area contributed by atoms with Gasteiger partial charge in [-0.05, 0) is 93.1 Å². The molecule has 0 radical (unpaired) electrons. The molecule has 0 N–H and O–H groups in total. The molecule has 3 aromatic rings. The van der Waals surface area contributed by atoms with Crippen molar-refractivity contribution in [3.8, 4) is 11.1 Å². The van der Waals surface area contributed by atoms with Crippen LogP contribution >= 0.6 is 34.2 Å². The Hall–Kier alpha value is -1.84. The summed E-state index contributed by atoms with van der Waals surface area (Å²) in [5.74, 6) is 0. The van der Waals surface area contributed by atoms with Crippen molar-refractivity contribution in [1.29, 1.82) is 0 Å². The maximum atomic E-state index is 12.7. The van der Waals surface area contributed by atoms with E-state index >= 15 is 0 Å². The van der Waals surface area contributed by atoms with E-state index in [9.17, 15) is 4.79 Å². The topological polar surface area (TPSA) is 50.6 Å². The summed E-state index contributed by atoms with van der Waals surface area (Å²) in [6, 6.07) is 4.38. The van der Waals surface area contributed by atoms with Crippen molar-refractivity contribution >= 4 is 57.0 Å². The van der Waals surface area contributed by atoms with Crippen LogP contribution in [-0.2, 0) is 4.74 Å². The van der Waals surface area contributed by atoms with Crippen molar-refractivity contribution < 1.29 is 9.53 Å². The summed E-state index contributed by atoms with van der Waals surface area (Å²) in [4.78, 5) is 22.2. The fourth-order valence-corrected chi connectivity index (χ4v) is 5.70. The number of rotatable bonds is 2. The van der Waals surface area contributed by atoms with E-state index < -0.39 is 11.7 Å². The summed E-state index contributed by atoms with van der Waals surface area (Å²) in [7, 11) is 2.17. The molecule has 0 spiro atoms. The summed E-state index contributed by atoms with van der Waals surface area (Å²) in [5.41, 5.74) is 5.57. The molecule has 0 saturated carbocycles. The number of anilines is 1. The van der Waals surface area contributed by atoms with Crippen LogP contribution in [0.5, 0.6) is 0 Å². The lowest BCUT2D eigenvalue weighted by Crippen LogP contribution is -2.45. The Kier molecular flexibility index (Phi) is 6.68. The molecule has 1 aromatic carbocycles.